The smallest absolute Gasteiger partial charge is 0.460 e. The van der Waals surface area contributed by atoms with Crippen molar-refractivity contribution in [3.05, 3.63) is 12.5 Å². The monoisotopic (exact) mass is 216 g/mol. The molecule has 88 valence electrons. The zero-order valence-electron chi connectivity index (χ0n) is 10.3. The van der Waals surface area contributed by atoms with Crippen molar-refractivity contribution in [1.29, 1.82) is 0 Å². The third-order valence-electron chi connectivity index (χ3n) is 1.01. The molecule has 0 heterocycles. The minimum Gasteiger partial charge on any atom is -0.460 e. The van der Waals surface area contributed by atoms with Gasteiger partial charge in [0.2, 0.25) is 0 Å². The number of hydrogen-bond acceptors (Lipinski definition) is 4. The molecule has 0 fully saturated rings. The molecule has 0 N–H and O–H groups in total. The molecule has 0 aromatic carbocycles. The maximum atomic E-state index is 11.2. The number of ether oxygens (including phenoxy) is 3. The Balaban J connectivity index is 4.04. The highest BCUT2D eigenvalue weighted by Crippen LogP contribution is 2.15. The van der Waals surface area contributed by atoms with Gasteiger partial charge >= 0.3 is 6.16 Å². The number of carbonyl (C=O) groups is 1. The second-order valence-corrected chi connectivity index (χ2v) is 5.15. The van der Waals surface area contributed by atoms with E-state index in [9.17, 15) is 4.79 Å². The van der Waals surface area contributed by atoms with Crippen molar-refractivity contribution >= 4 is 6.16 Å². The van der Waals surface area contributed by atoms with Crippen LogP contribution in [0.3, 0.4) is 0 Å². The highest BCUT2D eigenvalue weighted by molar-refractivity contribution is 5.61. The zero-order chi connectivity index (χ0) is 12.3. The Morgan fingerprint density at radius 3 is 1.67 bits per heavy atom. The first-order valence-corrected chi connectivity index (χ1v) is 4.78. The van der Waals surface area contributed by atoms with Gasteiger partial charge in [-0.05, 0) is 48.1 Å². The van der Waals surface area contributed by atoms with Crippen LogP contribution in [0.4, 0.5) is 4.79 Å². The second-order valence-electron chi connectivity index (χ2n) is 5.15. The van der Waals surface area contributed by atoms with Crippen LogP contribution in [0.1, 0.15) is 41.5 Å². The maximum absolute atomic E-state index is 11.2. The van der Waals surface area contributed by atoms with E-state index in [1.807, 2.05) is 20.8 Å². The number of hydrogen-bond donors (Lipinski definition) is 0. The second kappa shape index (κ2) is 4.55. The lowest BCUT2D eigenvalue weighted by molar-refractivity contribution is -0.0560. The lowest BCUT2D eigenvalue weighted by Crippen LogP contribution is -2.26. The Morgan fingerprint density at radius 1 is 0.933 bits per heavy atom. The summed E-state index contributed by atoms with van der Waals surface area (Å²) in [6.45, 7) is 14.2. The van der Waals surface area contributed by atoms with E-state index in [0.717, 1.165) is 0 Å². The molecule has 0 aliphatic heterocycles. The van der Waals surface area contributed by atoms with Crippen LogP contribution in [-0.2, 0) is 14.2 Å². The molecule has 0 saturated heterocycles. The van der Waals surface area contributed by atoms with Gasteiger partial charge in [-0.2, -0.15) is 0 Å². The van der Waals surface area contributed by atoms with E-state index < -0.39 is 17.4 Å². The van der Waals surface area contributed by atoms with Crippen molar-refractivity contribution in [3.63, 3.8) is 0 Å². The van der Waals surface area contributed by atoms with E-state index in [2.05, 4.69) is 6.58 Å². The fourth-order valence-corrected chi connectivity index (χ4v) is 0.726. The minimum atomic E-state index is -0.809. The van der Waals surface area contributed by atoms with Gasteiger partial charge in [-0.15, -0.1) is 0 Å². The molecule has 0 rings (SSSR count). The average Bonchev–Trinajstić information content (AvgIpc) is 1.73. The van der Waals surface area contributed by atoms with Crippen LogP contribution in [0.25, 0.3) is 0 Å². The van der Waals surface area contributed by atoms with E-state index in [-0.39, 0.29) is 5.95 Å². The van der Waals surface area contributed by atoms with E-state index in [1.165, 1.54) is 0 Å². The molecule has 0 spiro atoms. The normalized spacial score (nSPS) is 11.9. The summed E-state index contributed by atoms with van der Waals surface area (Å²) in [4.78, 5) is 11.2. The molecule has 0 unspecified atom stereocenters. The molecule has 0 bridgehead atoms. The predicted octanol–water partition coefficient (Wildman–Crippen LogP) is 3.22. The Hall–Kier alpha value is -1.19. The zero-order valence-corrected chi connectivity index (χ0v) is 10.3. The quantitative estimate of drug-likeness (QED) is 0.525. The van der Waals surface area contributed by atoms with Crippen LogP contribution in [-0.4, -0.2) is 17.4 Å². The summed E-state index contributed by atoms with van der Waals surface area (Å²) in [7, 11) is 0. The molecule has 0 radical (unpaired) electrons. The lowest BCUT2D eigenvalue weighted by Gasteiger charge is -2.23. The van der Waals surface area contributed by atoms with Gasteiger partial charge in [0.25, 0.3) is 5.95 Å². The molecule has 15 heavy (non-hydrogen) atoms. The minimum absolute atomic E-state index is 0.0586. The summed E-state index contributed by atoms with van der Waals surface area (Å²) in [5, 5.41) is 0. The van der Waals surface area contributed by atoms with Crippen molar-refractivity contribution in [2.45, 2.75) is 52.7 Å². The van der Waals surface area contributed by atoms with Gasteiger partial charge in [-0.25, -0.2) is 4.79 Å². The molecule has 0 amide bonds. The standard InChI is InChI=1S/C11H20O4/c1-8(14-10(2,3)4)13-9(12)15-11(5,6)7/h1H2,2-7H3. The highest BCUT2D eigenvalue weighted by atomic mass is 16.8. The third-order valence-corrected chi connectivity index (χ3v) is 1.01. The Bertz CT molecular complexity index is 216. The summed E-state index contributed by atoms with van der Waals surface area (Å²) in [6.07, 6.45) is -0.809. The van der Waals surface area contributed by atoms with Crippen LogP contribution >= 0.6 is 0 Å². The van der Waals surface area contributed by atoms with E-state index in [4.69, 9.17) is 14.2 Å². The van der Waals surface area contributed by atoms with E-state index in [0.29, 0.717) is 0 Å². The molecule has 0 aliphatic rings. The van der Waals surface area contributed by atoms with Crippen molar-refractivity contribution in [3.8, 4) is 0 Å². The average molecular weight is 216 g/mol. The lowest BCUT2D eigenvalue weighted by atomic mass is 10.2. The van der Waals surface area contributed by atoms with Crippen molar-refractivity contribution in [2.24, 2.45) is 0 Å². The fourth-order valence-electron chi connectivity index (χ4n) is 0.726. The van der Waals surface area contributed by atoms with Gasteiger partial charge in [0, 0.05) is 0 Å². The van der Waals surface area contributed by atoms with Crippen molar-refractivity contribution in [1.82, 2.24) is 0 Å². The fraction of sp³-hybridized carbons (Fsp3) is 0.727. The Labute approximate surface area is 91.2 Å². The van der Waals surface area contributed by atoms with Gasteiger partial charge in [-0.1, -0.05) is 0 Å². The summed E-state index contributed by atoms with van der Waals surface area (Å²) >= 11 is 0. The van der Waals surface area contributed by atoms with Gasteiger partial charge in [0.15, 0.2) is 0 Å². The Kier molecular flexibility index (Phi) is 4.19. The van der Waals surface area contributed by atoms with E-state index in [1.54, 1.807) is 20.8 Å². The number of rotatable bonds is 2. The maximum Gasteiger partial charge on any atom is 0.516 e. The van der Waals surface area contributed by atoms with Gasteiger partial charge in [-0.3, -0.25) is 0 Å². The van der Waals surface area contributed by atoms with Crippen molar-refractivity contribution in [2.75, 3.05) is 0 Å². The molecule has 0 aliphatic carbocycles. The predicted molar refractivity (Wildman–Crippen MR) is 57.3 cm³/mol. The summed E-state index contributed by atoms with van der Waals surface area (Å²) in [5.41, 5.74) is -1.03. The van der Waals surface area contributed by atoms with Crippen LogP contribution in [0.15, 0.2) is 12.5 Å². The molecular weight excluding hydrogens is 196 g/mol. The third kappa shape index (κ3) is 9.12. The topological polar surface area (TPSA) is 44.8 Å². The first-order chi connectivity index (χ1) is 6.49. The summed E-state index contributed by atoms with van der Waals surface area (Å²) in [6, 6.07) is 0. The Morgan fingerprint density at radius 2 is 1.33 bits per heavy atom. The van der Waals surface area contributed by atoms with E-state index >= 15 is 0 Å². The molecule has 0 saturated carbocycles. The largest absolute Gasteiger partial charge is 0.516 e. The molecule has 4 heteroatoms. The molecule has 0 atom stereocenters. The van der Waals surface area contributed by atoms with Crippen molar-refractivity contribution < 1.29 is 19.0 Å². The highest BCUT2D eigenvalue weighted by Gasteiger charge is 2.20. The molecule has 4 nitrogen and oxygen atoms in total. The number of carbonyl (C=O) groups excluding carboxylic acids is 1. The molecule has 0 aromatic heterocycles. The molecule has 0 aromatic rings. The van der Waals surface area contributed by atoms with Gasteiger partial charge in [0.05, 0.1) is 0 Å². The van der Waals surface area contributed by atoms with Crippen LogP contribution in [0.5, 0.6) is 0 Å². The summed E-state index contributed by atoms with van der Waals surface area (Å²) in [5.74, 6) is -0.0586. The van der Waals surface area contributed by atoms with Crippen LogP contribution in [0, 0.1) is 0 Å². The van der Waals surface area contributed by atoms with Crippen LogP contribution < -0.4 is 0 Å². The summed E-state index contributed by atoms with van der Waals surface area (Å²) < 4.78 is 14.9. The first kappa shape index (κ1) is 13.8. The first-order valence-electron chi connectivity index (χ1n) is 4.78. The molecular formula is C11H20O4. The van der Waals surface area contributed by atoms with Gasteiger partial charge < -0.3 is 14.2 Å². The van der Waals surface area contributed by atoms with Gasteiger partial charge in [0.1, 0.15) is 11.2 Å². The SMILES string of the molecule is C=C(OC(=O)OC(C)(C)C)OC(C)(C)C. The van der Waals surface area contributed by atoms with Crippen LogP contribution in [0.2, 0.25) is 0 Å².